The molecule has 2 aromatic rings. The molecular formula is C19H17ClF4N2O2S. The van der Waals surface area contributed by atoms with Gasteiger partial charge in [-0.3, -0.25) is 4.99 Å². The molecule has 1 aromatic heterocycles. The molecular weight excluding hydrogens is 432 g/mol. The number of nitrogens with zero attached hydrogens (tertiary/aromatic N) is 2. The van der Waals surface area contributed by atoms with Crippen LogP contribution in [0.25, 0.3) is 0 Å². The van der Waals surface area contributed by atoms with Gasteiger partial charge in [-0.2, -0.15) is 13.2 Å². The Morgan fingerprint density at radius 1 is 1.24 bits per heavy atom. The van der Waals surface area contributed by atoms with Crippen molar-refractivity contribution in [1.82, 2.24) is 4.98 Å². The van der Waals surface area contributed by atoms with E-state index in [1.807, 2.05) is 0 Å². The van der Waals surface area contributed by atoms with Crippen LogP contribution >= 0.6 is 23.4 Å². The van der Waals surface area contributed by atoms with E-state index in [1.54, 1.807) is 7.11 Å². The van der Waals surface area contributed by atoms with Crippen LogP contribution in [0.2, 0.25) is 5.02 Å². The van der Waals surface area contributed by atoms with Gasteiger partial charge >= 0.3 is 5.51 Å². The Kier molecular flexibility index (Phi) is 7.02. The van der Waals surface area contributed by atoms with Gasteiger partial charge in [0.25, 0.3) is 0 Å². The van der Waals surface area contributed by atoms with E-state index in [4.69, 9.17) is 21.1 Å². The second-order valence-corrected chi connectivity index (χ2v) is 7.70. The van der Waals surface area contributed by atoms with Crippen molar-refractivity contribution in [3.63, 3.8) is 0 Å². The standard InChI is InChI=1S/C19H17ClF4N2O2S/c1-27-6-2-5-25-15-4-3-14-16(28-13-8-11(20)7-12(21)9-13)10-26-18(17(14)15)29-19(22,23)24/h7-10H,2-6H2,1H3/b25-15+. The van der Waals surface area contributed by atoms with Crippen molar-refractivity contribution in [3.05, 3.63) is 46.4 Å². The molecule has 0 radical (unpaired) electrons. The Labute approximate surface area is 174 Å². The Bertz CT molecular complexity index is 902. The maximum Gasteiger partial charge on any atom is 0.447 e. The van der Waals surface area contributed by atoms with Crippen LogP contribution < -0.4 is 4.74 Å². The zero-order valence-electron chi connectivity index (χ0n) is 15.4. The quantitative estimate of drug-likeness (QED) is 0.294. The highest BCUT2D eigenvalue weighted by Gasteiger charge is 2.35. The third kappa shape index (κ3) is 5.83. The third-order valence-electron chi connectivity index (χ3n) is 4.10. The fourth-order valence-electron chi connectivity index (χ4n) is 3.00. The van der Waals surface area contributed by atoms with Gasteiger partial charge in [0.15, 0.2) is 0 Å². The number of aromatic nitrogens is 1. The minimum absolute atomic E-state index is 0.140. The highest BCUT2D eigenvalue weighted by Crippen LogP contribution is 2.43. The molecule has 0 fully saturated rings. The van der Waals surface area contributed by atoms with Gasteiger partial charge in [0.1, 0.15) is 22.3 Å². The SMILES string of the molecule is COCCC/N=C1\CCc2c(Oc3cc(F)cc(Cl)c3)cnc(SC(F)(F)F)c21. The Hall–Kier alpha value is -1.84. The van der Waals surface area contributed by atoms with Crippen molar-refractivity contribution >= 4 is 29.1 Å². The molecule has 0 aliphatic heterocycles. The number of ether oxygens (including phenoxy) is 2. The number of hydrogen-bond donors (Lipinski definition) is 0. The Morgan fingerprint density at radius 2 is 2.03 bits per heavy atom. The molecule has 1 aromatic carbocycles. The first-order valence-electron chi connectivity index (χ1n) is 8.71. The molecule has 1 aliphatic rings. The fourth-order valence-corrected chi connectivity index (χ4v) is 3.88. The molecule has 156 valence electrons. The van der Waals surface area contributed by atoms with Gasteiger partial charge in [-0.15, -0.1) is 0 Å². The molecule has 29 heavy (non-hydrogen) atoms. The van der Waals surface area contributed by atoms with Gasteiger partial charge < -0.3 is 9.47 Å². The second-order valence-electron chi connectivity index (χ2n) is 6.21. The van der Waals surface area contributed by atoms with E-state index < -0.39 is 11.3 Å². The van der Waals surface area contributed by atoms with Crippen molar-refractivity contribution in [2.75, 3.05) is 20.3 Å². The summed E-state index contributed by atoms with van der Waals surface area (Å²) in [6.07, 6.45) is 2.80. The summed E-state index contributed by atoms with van der Waals surface area (Å²) in [4.78, 5) is 8.41. The first-order chi connectivity index (χ1) is 13.8. The van der Waals surface area contributed by atoms with Gasteiger partial charge in [0, 0.05) is 60.0 Å². The topological polar surface area (TPSA) is 43.7 Å². The van der Waals surface area contributed by atoms with E-state index in [-0.39, 0.29) is 33.3 Å². The van der Waals surface area contributed by atoms with E-state index in [2.05, 4.69) is 9.98 Å². The number of pyridine rings is 1. The molecule has 10 heteroatoms. The summed E-state index contributed by atoms with van der Waals surface area (Å²) in [7, 11) is 1.57. The van der Waals surface area contributed by atoms with Gasteiger partial charge in [0.2, 0.25) is 0 Å². The molecule has 1 heterocycles. The Morgan fingerprint density at radius 3 is 2.72 bits per heavy atom. The maximum atomic E-state index is 13.6. The molecule has 0 saturated heterocycles. The minimum atomic E-state index is -4.48. The largest absolute Gasteiger partial charge is 0.455 e. The number of hydrogen-bond acceptors (Lipinski definition) is 5. The monoisotopic (exact) mass is 448 g/mol. The normalized spacial score (nSPS) is 15.0. The first-order valence-corrected chi connectivity index (χ1v) is 9.90. The van der Waals surface area contributed by atoms with Crippen molar-refractivity contribution in [3.8, 4) is 11.5 Å². The molecule has 0 amide bonds. The van der Waals surface area contributed by atoms with Gasteiger partial charge in [0.05, 0.1) is 6.20 Å². The number of benzene rings is 1. The number of thioether (sulfide) groups is 1. The lowest BCUT2D eigenvalue weighted by molar-refractivity contribution is -0.0329. The maximum absolute atomic E-state index is 13.6. The van der Waals surface area contributed by atoms with E-state index >= 15 is 0 Å². The van der Waals surface area contributed by atoms with E-state index in [9.17, 15) is 17.6 Å². The van der Waals surface area contributed by atoms with Crippen LogP contribution in [0, 0.1) is 5.82 Å². The lowest BCUT2D eigenvalue weighted by atomic mass is 10.1. The molecule has 0 bridgehead atoms. The van der Waals surface area contributed by atoms with Crippen LogP contribution in [-0.4, -0.2) is 36.5 Å². The summed E-state index contributed by atoms with van der Waals surface area (Å²) in [6.45, 7) is 0.943. The summed E-state index contributed by atoms with van der Waals surface area (Å²) < 4.78 is 63.3. The third-order valence-corrected chi connectivity index (χ3v) is 5.05. The molecule has 0 spiro atoms. The van der Waals surface area contributed by atoms with Crippen LogP contribution in [-0.2, 0) is 11.2 Å². The lowest BCUT2D eigenvalue weighted by Gasteiger charge is -2.14. The van der Waals surface area contributed by atoms with Crippen LogP contribution in [0.5, 0.6) is 11.5 Å². The van der Waals surface area contributed by atoms with Crippen molar-refractivity contribution in [1.29, 1.82) is 0 Å². The van der Waals surface area contributed by atoms with Crippen LogP contribution in [0.4, 0.5) is 17.6 Å². The molecule has 1 aliphatic carbocycles. The molecule has 3 rings (SSSR count). The number of fused-ring (bicyclic) bond motifs is 1. The van der Waals surface area contributed by atoms with Crippen molar-refractivity contribution < 1.29 is 27.0 Å². The zero-order chi connectivity index (χ0) is 21.0. The zero-order valence-corrected chi connectivity index (χ0v) is 16.9. The van der Waals surface area contributed by atoms with E-state index in [0.717, 1.165) is 12.1 Å². The molecule has 0 saturated carbocycles. The number of aliphatic imine (C=N–C) groups is 1. The summed E-state index contributed by atoms with van der Waals surface area (Å²) in [6, 6.07) is 3.69. The number of rotatable bonds is 7. The van der Waals surface area contributed by atoms with Crippen LogP contribution in [0.1, 0.15) is 24.0 Å². The number of methoxy groups -OCH3 is 1. The summed E-state index contributed by atoms with van der Waals surface area (Å²) in [5, 5.41) is -0.0191. The number of alkyl halides is 3. The summed E-state index contributed by atoms with van der Waals surface area (Å²) in [5.41, 5.74) is -3.02. The highest BCUT2D eigenvalue weighted by molar-refractivity contribution is 8.00. The van der Waals surface area contributed by atoms with Gasteiger partial charge in [-0.1, -0.05) is 11.6 Å². The smallest absolute Gasteiger partial charge is 0.447 e. The van der Waals surface area contributed by atoms with E-state index in [1.165, 1.54) is 12.3 Å². The van der Waals surface area contributed by atoms with Gasteiger partial charge in [-0.05, 0) is 31.4 Å². The molecule has 4 nitrogen and oxygen atoms in total. The van der Waals surface area contributed by atoms with Crippen LogP contribution in [0.15, 0.2) is 34.4 Å². The molecule has 0 unspecified atom stereocenters. The second kappa shape index (κ2) is 9.32. The van der Waals surface area contributed by atoms with Crippen molar-refractivity contribution in [2.45, 2.75) is 29.8 Å². The average Bonchev–Trinajstić information content (AvgIpc) is 3.04. The summed E-state index contributed by atoms with van der Waals surface area (Å²) >= 11 is 5.56. The predicted octanol–water partition coefficient (Wildman–Crippen LogP) is 6.05. The van der Waals surface area contributed by atoms with Gasteiger partial charge in [-0.25, -0.2) is 9.37 Å². The minimum Gasteiger partial charge on any atom is -0.455 e. The van der Waals surface area contributed by atoms with Crippen molar-refractivity contribution in [2.24, 2.45) is 4.99 Å². The van der Waals surface area contributed by atoms with E-state index in [0.29, 0.717) is 49.3 Å². The fraction of sp³-hybridized carbons (Fsp3) is 0.368. The average molecular weight is 449 g/mol. The lowest BCUT2D eigenvalue weighted by Crippen LogP contribution is -2.07. The predicted molar refractivity (Wildman–Crippen MR) is 104 cm³/mol. The number of halogens is 5. The summed E-state index contributed by atoms with van der Waals surface area (Å²) in [5.74, 6) is -0.183. The molecule has 0 atom stereocenters. The molecule has 0 N–H and O–H groups in total. The highest BCUT2D eigenvalue weighted by atomic mass is 35.5. The Balaban J connectivity index is 1.97. The van der Waals surface area contributed by atoms with Crippen LogP contribution in [0.3, 0.4) is 0 Å². The first kappa shape index (κ1) is 21.9.